The highest BCUT2D eigenvalue weighted by Gasteiger charge is 2.39. The van der Waals surface area contributed by atoms with Crippen molar-refractivity contribution in [3.63, 3.8) is 0 Å². The number of azide groups is 1. The first-order valence-corrected chi connectivity index (χ1v) is 6.89. The van der Waals surface area contributed by atoms with Gasteiger partial charge in [0.05, 0.1) is 15.4 Å². The molecule has 0 aromatic heterocycles. The van der Waals surface area contributed by atoms with Gasteiger partial charge in [-0.25, -0.2) is 0 Å². The standard InChI is InChI=1S/C12H13F3N6O4/c1-3-4-19(7(2)17-18-16)11-9(20(22)23)5-8(12(13,14)15)6-10(11)21(24)25/h5-7H,3-4H2,1-2H3. The number of halogens is 3. The van der Waals surface area contributed by atoms with Gasteiger partial charge < -0.3 is 4.90 Å². The Labute approximate surface area is 138 Å². The zero-order chi connectivity index (χ0) is 19.4. The first-order valence-electron chi connectivity index (χ1n) is 6.89. The summed E-state index contributed by atoms with van der Waals surface area (Å²) >= 11 is 0. The minimum atomic E-state index is -5.00. The van der Waals surface area contributed by atoms with Gasteiger partial charge in [0.1, 0.15) is 6.17 Å². The van der Waals surface area contributed by atoms with Gasteiger partial charge in [-0.3, -0.25) is 20.2 Å². The molecule has 1 rings (SSSR count). The van der Waals surface area contributed by atoms with Gasteiger partial charge in [-0.05, 0) is 18.9 Å². The maximum absolute atomic E-state index is 12.9. The highest BCUT2D eigenvalue weighted by Crippen LogP contribution is 2.43. The Hall–Kier alpha value is -3.08. The quantitative estimate of drug-likeness (QED) is 0.233. The van der Waals surface area contributed by atoms with Crippen molar-refractivity contribution >= 4 is 17.1 Å². The number of hydrogen-bond donors (Lipinski definition) is 0. The van der Waals surface area contributed by atoms with Crippen LogP contribution in [-0.4, -0.2) is 22.6 Å². The molecule has 25 heavy (non-hydrogen) atoms. The van der Waals surface area contributed by atoms with Crippen LogP contribution in [0.5, 0.6) is 0 Å². The molecule has 1 atom stereocenters. The molecule has 13 heteroatoms. The SMILES string of the molecule is CCCN(c1c([N+](=O)[O-])cc(C(F)(F)F)cc1[N+](=O)[O-])C(C)N=[N+]=[N-]. The number of hydrogen-bond acceptors (Lipinski definition) is 6. The third kappa shape index (κ3) is 4.47. The van der Waals surface area contributed by atoms with Crippen LogP contribution in [0.25, 0.3) is 10.4 Å². The van der Waals surface area contributed by atoms with Gasteiger partial charge in [0.15, 0.2) is 5.69 Å². The summed E-state index contributed by atoms with van der Waals surface area (Å²) in [7, 11) is 0. The van der Waals surface area contributed by atoms with E-state index < -0.39 is 44.8 Å². The molecular weight excluding hydrogens is 349 g/mol. The van der Waals surface area contributed by atoms with Crippen molar-refractivity contribution in [2.24, 2.45) is 5.11 Å². The Morgan fingerprint density at radius 1 is 1.28 bits per heavy atom. The summed E-state index contributed by atoms with van der Waals surface area (Å²) in [5.74, 6) is 0. The summed E-state index contributed by atoms with van der Waals surface area (Å²) in [6.45, 7) is 2.96. The fraction of sp³-hybridized carbons (Fsp3) is 0.500. The fourth-order valence-corrected chi connectivity index (χ4v) is 2.20. The van der Waals surface area contributed by atoms with Crippen molar-refractivity contribution in [1.82, 2.24) is 0 Å². The zero-order valence-corrected chi connectivity index (χ0v) is 13.1. The summed E-state index contributed by atoms with van der Waals surface area (Å²) in [4.78, 5) is 23.8. The summed E-state index contributed by atoms with van der Waals surface area (Å²) in [6.07, 6.45) is -5.74. The Morgan fingerprint density at radius 2 is 1.76 bits per heavy atom. The Bertz CT molecular complexity index is 697. The summed E-state index contributed by atoms with van der Waals surface area (Å²) in [5.41, 5.74) is 4.20. The van der Waals surface area contributed by atoms with E-state index in [2.05, 4.69) is 10.0 Å². The molecule has 0 bridgehead atoms. The zero-order valence-electron chi connectivity index (χ0n) is 13.1. The fourth-order valence-electron chi connectivity index (χ4n) is 2.20. The predicted octanol–water partition coefficient (Wildman–Crippen LogP) is 4.39. The van der Waals surface area contributed by atoms with Crippen LogP contribution in [0.2, 0.25) is 0 Å². The molecule has 0 aliphatic heterocycles. The van der Waals surface area contributed by atoms with E-state index in [1.54, 1.807) is 6.92 Å². The molecule has 0 saturated carbocycles. The molecule has 136 valence electrons. The van der Waals surface area contributed by atoms with E-state index >= 15 is 0 Å². The Kier molecular flexibility index (Phi) is 6.12. The second-order valence-electron chi connectivity index (χ2n) is 4.91. The highest BCUT2D eigenvalue weighted by molar-refractivity contribution is 5.76. The van der Waals surface area contributed by atoms with Gasteiger partial charge >= 0.3 is 6.18 Å². The number of rotatable bonds is 7. The molecule has 0 saturated heterocycles. The van der Waals surface area contributed by atoms with E-state index in [-0.39, 0.29) is 18.7 Å². The van der Waals surface area contributed by atoms with Crippen LogP contribution in [0.1, 0.15) is 25.8 Å². The van der Waals surface area contributed by atoms with Crippen LogP contribution in [0.3, 0.4) is 0 Å². The van der Waals surface area contributed by atoms with Crippen LogP contribution in [-0.2, 0) is 6.18 Å². The van der Waals surface area contributed by atoms with E-state index in [1.807, 2.05) is 0 Å². The van der Waals surface area contributed by atoms with Gasteiger partial charge in [0, 0.05) is 23.6 Å². The largest absolute Gasteiger partial charge is 0.416 e. The summed E-state index contributed by atoms with van der Waals surface area (Å²) in [5, 5.41) is 25.8. The van der Waals surface area contributed by atoms with Crippen molar-refractivity contribution in [2.45, 2.75) is 32.6 Å². The van der Waals surface area contributed by atoms with Crippen LogP contribution in [0.4, 0.5) is 30.2 Å². The smallest absolute Gasteiger partial charge is 0.352 e. The lowest BCUT2D eigenvalue weighted by Crippen LogP contribution is -2.33. The van der Waals surface area contributed by atoms with Gasteiger partial charge in [0.25, 0.3) is 11.4 Å². The van der Waals surface area contributed by atoms with E-state index in [0.29, 0.717) is 6.42 Å². The minimum absolute atomic E-state index is 0.00672. The van der Waals surface area contributed by atoms with E-state index in [1.165, 1.54) is 6.92 Å². The number of nitrogens with zero attached hydrogens (tertiary/aromatic N) is 6. The molecule has 1 aromatic rings. The lowest BCUT2D eigenvalue weighted by Gasteiger charge is -2.27. The average molecular weight is 362 g/mol. The molecule has 0 aliphatic rings. The number of anilines is 1. The van der Waals surface area contributed by atoms with Crippen molar-refractivity contribution in [2.75, 3.05) is 11.4 Å². The molecule has 0 radical (unpaired) electrons. The van der Waals surface area contributed by atoms with Crippen molar-refractivity contribution in [1.29, 1.82) is 0 Å². The molecule has 10 nitrogen and oxygen atoms in total. The number of alkyl halides is 3. The molecule has 0 fully saturated rings. The van der Waals surface area contributed by atoms with Crippen LogP contribution in [0, 0.1) is 20.2 Å². The molecule has 0 heterocycles. The first kappa shape index (κ1) is 20.0. The molecule has 0 spiro atoms. The molecule has 0 amide bonds. The van der Waals surface area contributed by atoms with Gasteiger partial charge in [-0.2, -0.15) is 13.2 Å². The molecule has 0 N–H and O–H groups in total. The topological polar surface area (TPSA) is 138 Å². The lowest BCUT2D eigenvalue weighted by atomic mass is 10.1. The minimum Gasteiger partial charge on any atom is -0.352 e. The maximum Gasteiger partial charge on any atom is 0.416 e. The van der Waals surface area contributed by atoms with Gasteiger partial charge in [0.2, 0.25) is 0 Å². The van der Waals surface area contributed by atoms with Crippen molar-refractivity contribution in [3.8, 4) is 0 Å². The van der Waals surface area contributed by atoms with Crippen LogP contribution < -0.4 is 4.90 Å². The van der Waals surface area contributed by atoms with Gasteiger partial charge in [-0.15, -0.1) is 0 Å². The second-order valence-corrected chi connectivity index (χ2v) is 4.91. The molecule has 1 unspecified atom stereocenters. The Morgan fingerprint density at radius 3 is 2.08 bits per heavy atom. The van der Waals surface area contributed by atoms with Crippen molar-refractivity contribution in [3.05, 3.63) is 48.4 Å². The van der Waals surface area contributed by atoms with E-state index in [9.17, 15) is 33.4 Å². The maximum atomic E-state index is 12.9. The Balaban J connectivity index is 3.83. The molecule has 1 aromatic carbocycles. The number of nitro groups is 2. The monoisotopic (exact) mass is 362 g/mol. The predicted molar refractivity (Wildman–Crippen MR) is 81.0 cm³/mol. The van der Waals surface area contributed by atoms with Gasteiger partial charge in [-0.1, -0.05) is 12.0 Å². The number of nitro benzene ring substituents is 2. The average Bonchev–Trinajstić information content (AvgIpc) is 2.50. The van der Waals surface area contributed by atoms with E-state index in [4.69, 9.17) is 5.53 Å². The summed E-state index contributed by atoms with van der Waals surface area (Å²) < 4.78 is 38.7. The highest BCUT2D eigenvalue weighted by atomic mass is 19.4. The van der Waals surface area contributed by atoms with E-state index in [0.717, 1.165) is 4.90 Å². The normalized spacial score (nSPS) is 12.2. The van der Waals surface area contributed by atoms with Crippen LogP contribution >= 0.6 is 0 Å². The third-order valence-corrected chi connectivity index (χ3v) is 3.21. The number of benzene rings is 1. The lowest BCUT2D eigenvalue weighted by molar-refractivity contribution is -0.393. The molecular formula is C12H13F3N6O4. The second kappa shape index (κ2) is 7.66. The summed E-state index contributed by atoms with van der Waals surface area (Å²) in [6, 6.07) is 0.460. The molecule has 0 aliphatic carbocycles. The third-order valence-electron chi connectivity index (χ3n) is 3.21. The van der Waals surface area contributed by atoms with Crippen molar-refractivity contribution < 1.29 is 23.0 Å². The first-order chi connectivity index (χ1) is 11.5. The van der Waals surface area contributed by atoms with Crippen LogP contribution in [0.15, 0.2) is 17.2 Å².